The summed E-state index contributed by atoms with van der Waals surface area (Å²) in [6.07, 6.45) is 9.55. The number of rotatable bonds is 6. The second kappa shape index (κ2) is 10.7. The summed E-state index contributed by atoms with van der Waals surface area (Å²) in [5.41, 5.74) is 5.15. The number of carbonyl (C=O) groups is 2. The van der Waals surface area contributed by atoms with Crippen LogP contribution in [-0.2, 0) is 12.8 Å². The SMILES string of the molecule is CC(=O)c1ccc2c(c1)CCN(CC[C@H]1CC[C@H](NC(=O)c3cccc4ncccc34)CC1)CC2. The van der Waals surface area contributed by atoms with Crippen molar-refractivity contribution in [3.05, 3.63) is 77.0 Å². The van der Waals surface area contributed by atoms with Gasteiger partial charge in [-0.2, -0.15) is 0 Å². The number of carbonyl (C=O) groups excluding carboxylic acids is 2. The molecule has 182 valence electrons. The third-order valence-corrected chi connectivity index (χ3v) is 7.93. The second-order valence-electron chi connectivity index (χ2n) is 10.2. The Hall–Kier alpha value is -3.05. The summed E-state index contributed by atoms with van der Waals surface area (Å²) in [6, 6.07) is 16.1. The predicted molar refractivity (Wildman–Crippen MR) is 140 cm³/mol. The molecule has 5 rings (SSSR count). The summed E-state index contributed by atoms with van der Waals surface area (Å²) in [5.74, 6) is 0.902. The molecule has 5 heteroatoms. The van der Waals surface area contributed by atoms with E-state index in [9.17, 15) is 9.59 Å². The third kappa shape index (κ3) is 5.62. The molecule has 0 atom stereocenters. The van der Waals surface area contributed by atoms with Gasteiger partial charge in [0.05, 0.1) is 5.52 Å². The number of nitrogens with zero attached hydrogens (tertiary/aromatic N) is 2. The average molecular weight is 470 g/mol. The largest absolute Gasteiger partial charge is 0.349 e. The van der Waals surface area contributed by atoms with Gasteiger partial charge in [0, 0.05) is 41.8 Å². The fraction of sp³-hybridized carbons (Fsp3) is 0.433. The first-order valence-electron chi connectivity index (χ1n) is 13.1. The van der Waals surface area contributed by atoms with E-state index in [0.29, 0.717) is 0 Å². The molecule has 1 aliphatic carbocycles. The number of pyridine rings is 1. The lowest BCUT2D eigenvalue weighted by Gasteiger charge is -2.31. The van der Waals surface area contributed by atoms with E-state index in [1.807, 2.05) is 36.4 Å². The fourth-order valence-corrected chi connectivity index (χ4v) is 5.74. The van der Waals surface area contributed by atoms with Crippen LogP contribution in [0.15, 0.2) is 54.7 Å². The maximum Gasteiger partial charge on any atom is 0.252 e. The molecule has 5 nitrogen and oxygen atoms in total. The Labute approximate surface area is 207 Å². The average Bonchev–Trinajstić information content (AvgIpc) is 3.09. The molecule has 1 amide bonds. The topological polar surface area (TPSA) is 62.3 Å². The highest BCUT2D eigenvalue weighted by molar-refractivity contribution is 6.06. The molecular formula is C30H35N3O2. The van der Waals surface area contributed by atoms with Crippen LogP contribution in [0.2, 0.25) is 0 Å². The lowest BCUT2D eigenvalue weighted by atomic mass is 9.84. The molecule has 0 radical (unpaired) electrons. The molecule has 3 aromatic rings. The Morgan fingerprint density at radius 3 is 2.57 bits per heavy atom. The van der Waals surface area contributed by atoms with E-state index in [0.717, 1.165) is 73.3 Å². The molecule has 0 spiro atoms. The van der Waals surface area contributed by atoms with E-state index in [1.54, 1.807) is 13.1 Å². The van der Waals surface area contributed by atoms with E-state index in [2.05, 4.69) is 27.3 Å². The molecule has 1 aliphatic heterocycles. The van der Waals surface area contributed by atoms with Gasteiger partial charge in [0.1, 0.15) is 0 Å². The predicted octanol–water partition coefficient (Wildman–Crippen LogP) is 5.22. The molecule has 2 aliphatic rings. The van der Waals surface area contributed by atoms with E-state index in [4.69, 9.17) is 0 Å². The zero-order chi connectivity index (χ0) is 24.2. The summed E-state index contributed by atoms with van der Waals surface area (Å²) < 4.78 is 0. The molecular weight excluding hydrogens is 434 g/mol. The Morgan fingerprint density at radius 1 is 0.971 bits per heavy atom. The van der Waals surface area contributed by atoms with Gasteiger partial charge in [-0.3, -0.25) is 14.6 Å². The van der Waals surface area contributed by atoms with Gasteiger partial charge in [0.25, 0.3) is 5.91 Å². The Kier molecular flexibility index (Phi) is 7.24. The van der Waals surface area contributed by atoms with Crippen LogP contribution in [0.1, 0.15) is 70.9 Å². The van der Waals surface area contributed by atoms with Crippen molar-refractivity contribution in [2.24, 2.45) is 5.92 Å². The van der Waals surface area contributed by atoms with Gasteiger partial charge >= 0.3 is 0 Å². The van der Waals surface area contributed by atoms with E-state index in [-0.39, 0.29) is 17.7 Å². The van der Waals surface area contributed by atoms with E-state index < -0.39 is 0 Å². The molecule has 1 fully saturated rings. The number of aromatic nitrogens is 1. The number of amides is 1. The summed E-state index contributed by atoms with van der Waals surface area (Å²) in [7, 11) is 0. The monoisotopic (exact) mass is 469 g/mol. The van der Waals surface area contributed by atoms with Crippen molar-refractivity contribution in [1.82, 2.24) is 15.2 Å². The van der Waals surface area contributed by atoms with Gasteiger partial charge in [0.15, 0.2) is 5.78 Å². The van der Waals surface area contributed by atoms with Crippen molar-refractivity contribution in [3.8, 4) is 0 Å². The number of Topliss-reactive ketones (excluding diaryl/α,β-unsaturated/α-hetero) is 1. The lowest BCUT2D eigenvalue weighted by Crippen LogP contribution is -2.38. The fourth-order valence-electron chi connectivity index (χ4n) is 5.74. The minimum Gasteiger partial charge on any atom is -0.349 e. The van der Waals surface area contributed by atoms with Crippen molar-refractivity contribution < 1.29 is 9.59 Å². The normalized spacial score (nSPS) is 20.7. The minimum atomic E-state index is 0.0177. The van der Waals surface area contributed by atoms with Crippen LogP contribution in [0.5, 0.6) is 0 Å². The Morgan fingerprint density at radius 2 is 1.77 bits per heavy atom. The quantitative estimate of drug-likeness (QED) is 0.503. The number of benzene rings is 2. The molecule has 35 heavy (non-hydrogen) atoms. The smallest absolute Gasteiger partial charge is 0.252 e. The highest BCUT2D eigenvalue weighted by Crippen LogP contribution is 2.28. The first-order chi connectivity index (χ1) is 17.1. The molecule has 1 aromatic heterocycles. The zero-order valence-electron chi connectivity index (χ0n) is 20.6. The van der Waals surface area contributed by atoms with Gasteiger partial charge in [-0.05, 0) is 99.7 Å². The van der Waals surface area contributed by atoms with Crippen LogP contribution in [-0.4, -0.2) is 47.3 Å². The van der Waals surface area contributed by atoms with Crippen LogP contribution in [0.3, 0.4) is 0 Å². The molecule has 0 bridgehead atoms. The minimum absolute atomic E-state index is 0.0177. The van der Waals surface area contributed by atoms with Crippen molar-refractivity contribution in [3.63, 3.8) is 0 Å². The van der Waals surface area contributed by atoms with Crippen molar-refractivity contribution in [2.75, 3.05) is 19.6 Å². The van der Waals surface area contributed by atoms with Crippen LogP contribution in [0, 0.1) is 5.92 Å². The highest BCUT2D eigenvalue weighted by atomic mass is 16.1. The van der Waals surface area contributed by atoms with Gasteiger partial charge in [-0.15, -0.1) is 0 Å². The summed E-state index contributed by atoms with van der Waals surface area (Å²) >= 11 is 0. The molecule has 0 unspecified atom stereocenters. The molecule has 0 saturated heterocycles. The van der Waals surface area contributed by atoms with E-state index in [1.165, 1.54) is 30.4 Å². The number of nitrogens with one attached hydrogen (secondary N) is 1. The number of hydrogen-bond donors (Lipinski definition) is 1. The third-order valence-electron chi connectivity index (χ3n) is 7.93. The van der Waals surface area contributed by atoms with Gasteiger partial charge < -0.3 is 10.2 Å². The second-order valence-corrected chi connectivity index (χ2v) is 10.2. The Balaban J connectivity index is 1.08. The number of ketones is 1. The molecule has 2 aromatic carbocycles. The van der Waals surface area contributed by atoms with Gasteiger partial charge in [-0.25, -0.2) is 0 Å². The first kappa shape index (κ1) is 23.7. The maximum absolute atomic E-state index is 13.0. The zero-order valence-corrected chi connectivity index (χ0v) is 20.6. The van der Waals surface area contributed by atoms with Gasteiger partial charge in [-0.1, -0.05) is 24.3 Å². The van der Waals surface area contributed by atoms with Crippen molar-refractivity contribution in [2.45, 2.75) is 57.9 Å². The van der Waals surface area contributed by atoms with Crippen LogP contribution >= 0.6 is 0 Å². The Bertz CT molecular complexity index is 1210. The summed E-state index contributed by atoms with van der Waals surface area (Å²) in [5, 5.41) is 4.20. The molecule has 2 heterocycles. The maximum atomic E-state index is 13.0. The van der Waals surface area contributed by atoms with Crippen molar-refractivity contribution >= 4 is 22.6 Å². The van der Waals surface area contributed by atoms with E-state index >= 15 is 0 Å². The van der Waals surface area contributed by atoms with Crippen LogP contribution in [0.4, 0.5) is 0 Å². The van der Waals surface area contributed by atoms with Crippen molar-refractivity contribution in [1.29, 1.82) is 0 Å². The lowest BCUT2D eigenvalue weighted by molar-refractivity contribution is 0.0921. The van der Waals surface area contributed by atoms with Crippen LogP contribution < -0.4 is 5.32 Å². The number of hydrogen-bond acceptors (Lipinski definition) is 4. The van der Waals surface area contributed by atoms with Crippen LogP contribution in [0.25, 0.3) is 10.9 Å². The number of fused-ring (bicyclic) bond motifs is 2. The van der Waals surface area contributed by atoms with Gasteiger partial charge in [0.2, 0.25) is 0 Å². The molecule has 1 saturated carbocycles. The molecule has 1 N–H and O–H groups in total. The highest BCUT2D eigenvalue weighted by Gasteiger charge is 2.24. The summed E-state index contributed by atoms with van der Waals surface area (Å²) in [4.78, 5) is 31.7. The summed E-state index contributed by atoms with van der Waals surface area (Å²) in [6.45, 7) is 4.95. The first-order valence-corrected chi connectivity index (χ1v) is 13.1. The standard InChI is InChI=1S/C30H35N3O2/c1-21(34)24-10-9-23-14-18-33(19-15-25(23)20-24)17-13-22-7-11-26(12-8-22)32-30(35)28-4-2-6-29-27(28)5-3-16-31-29/h2-6,9-10,16,20,22,26H,7-8,11-15,17-19H2,1H3,(H,32,35)/t22-,26-.